The van der Waals surface area contributed by atoms with Crippen molar-refractivity contribution in [2.24, 2.45) is 0 Å². The minimum atomic E-state index is -0.444. The lowest BCUT2D eigenvalue weighted by atomic mass is 10.0. The predicted octanol–water partition coefficient (Wildman–Crippen LogP) is 8.86. The smallest absolute Gasteiger partial charge is 0.333 e. The van der Waals surface area contributed by atoms with Gasteiger partial charge in [-0.3, -0.25) is 4.79 Å². The molecule has 0 amide bonds. The summed E-state index contributed by atoms with van der Waals surface area (Å²) in [6.45, 7) is 7.59. The number of ether oxygens (including phenoxy) is 2. The van der Waals surface area contributed by atoms with Gasteiger partial charge < -0.3 is 9.47 Å². The van der Waals surface area contributed by atoms with Crippen molar-refractivity contribution in [3.05, 3.63) is 12.2 Å². The first kappa shape index (κ1) is 31.7. The molecule has 4 heteroatoms. The average molecular weight is 467 g/mol. The highest BCUT2D eigenvalue weighted by Crippen LogP contribution is 2.15. The van der Waals surface area contributed by atoms with Gasteiger partial charge >= 0.3 is 11.9 Å². The van der Waals surface area contributed by atoms with Crippen molar-refractivity contribution < 1.29 is 19.1 Å². The Morgan fingerprint density at radius 1 is 0.545 bits per heavy atom. The van der Waals surface area contributed by atoms with E-state index in [0.717, 1.165) is 12.8 Å². The van der Waals surface area contributed by atoms with Crippen LogP contribution < -0.4 is 0 Å². The minimum absolute atomic E-state index is 0.0939. The third-order valence-electron chi connectivity index (χ3n) is 6.16. The Labute approximate surface area is 205 Å². The number of carbonyl (C=O) groups excluding carboxylic acids is 2. The highest BCUT2D eigenvalue weighted by atomic mass is 16.6. The molecule has 0 bridgehead atoms. The molecule has 0 saturated carbocycles. The second-order valence-electron chi connectivity index (χ2n) is 9.60. The number of hydrogen-bond acceptors (Lipinski definition) is 4. The largest absolute Gasteiger partial charge is 0.462 e. The third kappa shape index (κ3) is 25.1. The molecule has 0 saturated heterocycles. The molecule has 0 fully saturated rings. The Bertz CT molecular complexity index is 472. The van der Waals surface area contributed by atoms with Gasteiger partial charge in [-0.25, -0.2) is 4.79 Å². The van der Waals surface area contributed by atoms with E-state index in [1.165, 1.54) is 116 Å². The van der Waals surface area contributed by atoms with Crippen LogP contribution in [-0.2, 0) is 19.1 Å². The molecule has 33 heavy (non-hydrogen) atoms. The summed E-state index contributed by atoms with van der Waals surface area (Å²) in [4.78, 5) is 22.8. The maximum absolute atomic E-state index is 11.6. The molecule has 0 spiro atoms. The Hall–Kier alpha value is -1.32. The molecule has 0 atom stereocenters. The van der Waals surface area contributed by atoms with E-state index >= 15 is 0 Å². The summed E-state index contributed by atoms with van der Waals surface area (Å²) >= 11 is 0. The van der Waals surface area contributed by atoms with Crippen molar-refractivity contribution in [3.63, 3.8) is 0 Å². The number of hydrogen-bond donors (Lipinski definition) is 0. The van der Waals surface area contributed by atoms with Gasteiger partial charge in [-0.05, 0) is 13.3 Å². The summed E-state index contributed by atoms with van der Waals surface area (Å²) in [6.07, 6.45) is 27.4. The summed E-state index contributed by atoms with van der Waals surface area (Å²) in [6, 6.07) is 0. The summed E-state index contributed by atoms with van der Waals surface area (Å²) < 4.78 is 9.95. The number of rotatable bonds is 25. The molecule has 0 aromatic rings. The second kappa shape index (κ2) is 25.3. The van der Waals surface area contributed by atoms with Gasteiger partial charge in [0.05, 0.1) is 0 Å². The first-order chi connectivity index (χ1) is 16.1. The van der Waals surface area contributed by atoms with Gasteiger partial charge in [-0.15, -0.1) is 0 Å². The molecule has 194 valence electrons. The molecule has 0 unspecified atom stereocenters. The van der Waals surface area contributed by atoms with E-state index in [4.69, 9.17) is 9.47 Å². The normalized spacial score (nSPS) is 10.8. The van der Waals surface area contributed by atoms with E-state index < -0.39 is 5.97 Å². The molecule has 0 heterocycles. The molecular formula is C29H54O4. The molecule has 4 nitrogen and oxygen atoms in total. The standard InChI is InChI=1S/C29H54O4/c1-4-5-6-7-8-9-10-11-12-13-14-15-16-17-18-19-20-21-22-23-24-28(30)32-25-26-33-29(31)27(2)3/h2,4-26H2,1,3H3. The molecule has 0 aliphatic rings. The van der Waals surface area contributed by atoms with Crippen LogP contribution in [0.4, 0.5) is 0 Å². The quantitative estimate of drug-likeness (QED) is 0.0765. The summed E-state index contributed by atoms with van der Waals surface area (Å²) in [5, 5.41) is 0. The lowest BCUT2D eigenvalue weighted by Gasteiger charge is -2.06. The highest BCUT2D eigenvalue weighted by Gasteiger charge is 2.05. The van der Waals surface area contributed by atoms with Crippen LogP contribution in [0.15, 0.2) is 12.2 Å². The molecular weight excluding hydrogens is 412 g/mol. The van der Waals surface area contributed by atoms with Crippen molar-refractivity contribution in [2.75, 3.05) is 13.2 Å². The third-order valence-corrected chi connectivity index (χ3v) is 6.16. The zero-order valence-electron chi connectivity index (χ0n) is 22.1. The van der Waals surface area contributed by atoms with Gasteiger partial charge in [-0.2, -0.15) is 0 Å². The molecule has 0 rings (SSSR count). The zero-order valence-corrected chi connectivity index (χ0v) is 22.1. The topological polar surface area (TPSA) is 52.6 Å². The average Bonchev–Trinajstić information content (AvgIpc) is 2.80. The minimum Gasteiger partial charge on any atom is -0.462 e. The Balaban J connectivity index is 3.17. The van der Waals surface area contributed by atoms with E-state index in [0.29, 0.717) is 12.0 Å². The fourth-order valence-corrected chi connectivity index (χ4v) is 4.01. The SMILES string of the molecule is C=C(C)C(=O)OCCOC(=O)CCCCCCCCCCCCCCCCCCCCCC. The summed E-state index contributed by atoms with van der Waals surface area (Å²) in [7, 11) is 0. The molecule has 0 aromatic heterocycles. The summed E-state index contributed by atoms with van der Waals surface area (Å²) in [5.74, 6) is -0.649. The lowest BCUT2D eigenvalue weighted by molar-refractivity contribution is -0.150. The van der Waals surface area contributed by atoms with Crippen LogP contribution in [0.3, 0.4) is 0 Å². The molecule has 0 N–H and O–H groups in total. The van der Waals surface area contributed by atoms with Crippen molar-refractivity contribution in [3.8, 4) is 0 Å². The predicted molar refractivity (Wildman–Crippen MR) is 139 cm³/mol. The first-order valence-corrected chi connectivity index (χ1v) is 14.1. The van der Waals surface area contributed by atoms with Gasteiger partial charge in [0.1, 0.15) is 13.2 Å². The fraction of sp³-hybridized carbons (Fsp3) is 0.862. The van der Waals surface area contributed by atoms with Crippen LogP contribution in [0.5, 0.6) is 0 Å². The van der Waals surface area contributed by atoms with E-state index in [9.17, 15) is 9.59 Å². The van der Waals surface area contributed by atoms with Crippen LogP contribution in [0.1, 0.15) is 149 Å². The van der Waals surface area contributed by atoms with Crippen molar-refractivity contribution in [1.29, 1.82) is 0 Å². The van der Waals surface area contributed by atoms with Crippen LogP contribution in [0, 0.1) is 0 Å². The first-order valence-electron chi connectivity index (χ1n) is 14.1. The monoisotopic (exact) mass is 466 g/mol. The summed E-state index contributed by atoms with van der Waals surface area (Å²) in [5.41, 5.74) is 0.352. The number of esters is 2. The second-order valence-corrected chi connectivity index (χ2v) is 9.60. The lowest BCUT2D eigenvalue weighted by Crippen LogP contribution is -2.14. The Morgan fingerprint density at radius 3 is 1.24 bits per heavy atom. The van der Waals surface area contributed by atoms with Crippen molar-refractivity contribution >= 4 is 11.9 Å². The molecule has 0 radical (unpaired) electrons. The molecule has 0 aromatic carbocycles. The van der Waals surface area contributed by atoms with E-state index in [2.05, 4.69) is 13.5 Å². The van der Waals surface area contributed by atoms with Crippen LogP contribution in [0.25, 0.3) is 0 Å². The maximum Gasteiger partial charge on any atom is 0.333 e. The van der Waals surface area contributed by atoms with Gasteiger partial charge in [-0.1, -0.05) is 135 Å². The number of unbranched alkanes of at least 4 members (excludes halogenated alkanes) is 19. The van der Waals surface area contributed by atoms with Gasteiger partial charge in [0, 0.05) is 12.0 Å². The Morgan fingerprint density at radius 2 is 0.879 bits per heavy atom. The van der Waals surface area contributed by atoms with E-state index in [1.807, 2.05) is 0 Å². The number of carbonyl (C=O) groups is 2. The van der Waals surface area contributed by atoms with Gasteiger partial charge in [0.2, 0.25) is 0 Å². The van der Waals surface area contributed by atoms with Gasteiger partial charge in [0.25, 0.3) is 0 Å². The fourth-order valence-electron chi connectivity index (χ4n) is 4.01. The highest BCUT2D eigenvalue weighted by molar-refractivity contribution is 5.86. The maximum atomic E-state index is 11.6. The molecule has 0 aliphatic heterocycles. The Kier molecular flexibility index (Phi) is 24.3. The van der Waals surface area contributed by atoms with E-state index in [1.54, 1.807) is 6.92 Å². The molecule has 0 aliphatic carbocycles. The van der Waals surface area contributed by atoms with Crippen LogP contribution >= 0.6 is 0 Å². The van der Waals surface area contributed by atoms with Crippen molar-refractivity contribution in [2.45, 2.75) is 149 Å². The van der Waals surface area contributed by atoms with E-state index in [-0.39, 0.29) is 19.2 Å². The van der Waals surface area contributed by atoms with Crippen molar-refractivity contribution in [1.82, 2.24) is 0 Å². The zero-order chi connectivity index (χ0) is 24.4. The van der Waals surface area contributed by atoms with Gasteiger partial charge in [0.15, 0.2) is 0 Å². The van der Waals surface area contributed by atoms with Crippen LogP contribution in [-0.4, -0.2) is 25.2 Å². The van der Waals surface area contributed by atoms with Crippen LogP contribution in [0.2, 0.25) is 0 Å².